The van der Waals surface area contributed by atoms with Crippen LogP contribution < -0.4 is 10.1 Å². The molecule has 3 nitrogen and oxygen atoms in total. The number of hydrogen-bond acceptors (Lipinski definition) is 2. The lowest BCUT2D eigenvalue weighted by molar-refractivity contribution is -0.122. The van der Waals surface area contributed by atoms with Crippen molar-refractivity contribution in [1.29, 1.82) is 0 Å². The second kappa shape index (κ2) is 6.75. The van der Waals surface area contributed by atoms with Gasteiger partial charge in [0.1, 0.15) is 5.75 Å². The number of benzene rings is 3. The van der Waals surface area contributed by atoms with Gasteiger partial charge in [-0.3, -0.25) is 4.79 Å². The number of rotatable bonds is 4. The summed E-state index contributed by atoms with van der Waals surface area (Å²) in [6.07, 6.45) is -0.579. The van der Waals surface area contributed by atoms with Crippen molar-refractivity contribution in [3.8, 4) is 5.75 Å². The predicted octanol–water partition coefficient (Wildman–Crippen LogP) is 4.86. The van der Waals surface area contributed by atoms with Gasteiger partial charge in [-0.25, -0.2) is 0 Å². The zero-order chi connectivity index (χ0) is 17.1. The average molecular weight is 319 g/mol. The van der Waals surface area contributed by atoms with Crippen molar-refractivity contribution in [3.63, 3.8) is 0 Å². The molecule has 0 spiro atoms. The minimum atomic E-state index is -0.579. The molecule has 1 amide bonds. The van der Waals surface area contributed by atoms with Crippen molar-refractivity contribution in [3.05, 3.63) is 71.8 Å². The fourth-order valence-electron chi connectivity index (χ4n) is 2.66. The van der Waals surface area contributed by atoms with Crippen LogP contribution in [-0.2, 0) is 4.79 Å². The lowest BCUT2D eigenvalue weighted by Gasteiger charge is -2.17. The number of nitrogens with one attached hydrogen (secondary N) is 1. The van der Waals surface area contributed by atoms with Crippen LogP contribution in [0.3, 0.4) is 0 Å². The van der Waals surface area contributed by atoms with E-state index < -0.39 is 6.10 Å². The third kappa shape index (κ3) is 3.25. The number of fused-ring (bicyclic) bond motifs is 1. The Morgan fingerprint density at radius 2 is 1.67 bits per heavy atom. The minimum absolute atomic E-state index is 0.160. The highest BCUT2D eigenvalue weighted by Crippen LogP contribution is 2.24. The highest BCUT2D eigenvalue weighted by molar-refractivity contribution is 6.03. The van der Waals surface area contributed by atoms with Crippen LogP contribution in [0.4, 0.5) is 5.69 Å². The quantitative estimate of drug-likeness (QED) is 0.745. The largest absolute Gasteiger partial charge is 0.481 e. The molecule has 3 rings (SSSR count). The molecule has 0 saturated carbocycles. The Kier molecular flexibility index (Phi) is 4.52. The van der Waals surface area contributed by atoms with Crippen LogP contribution in [-0.4, -0.2) is 12.0 Å². The second-order valence-corrected chi connectivity index (χ2v) is 5.97. The molecular formula is C21H21NO2. The highest BCUT2D eigenvalue weighted by atomic mass is 16.5. The van der Waals surface area contributed by atoms with E-state index in [-0.39, 0.29) is 5.91 Å². The average Bonchev–Trinajstić information content (AvgIpc) is 2.59. The number of hydrogen-bond donors (Lipinski definition) is 1. The van der Waals surface area contributed by atoms with Crippen molar-refractivity contribution in [2.75, 3.05) is 5.32 Å². The van der Waals surface area contributed by atoms with Crippen LogP contribution in [0, 0.1) is 13.8 Å². The van der Waals surface area contributed by atoms with E-state index in [1.54, 1.807) is 6.92 Å². The summed E-state index contributed by atoms with van der Waals surface area (Å²) < 4.78 is 5.86. The van der Waals surface area contributed by atoms with Gasteiger partial charge >= 0.3 is 0 Å². The van der Waals surface area contributed by atoms with Gasteiger partial charge in [-0.15, -0.1) is 0 Å². The van der Waals surface area contributed by atoms with E-state index >= 15 is 0 Å². The SMILES string of the molecule is Cc1cccc(O[C@H](C)C(=O)Nc2cccc3ccccc23)c1C. The molecule has 3 heteroatoms. The van der Waals surface area contributed by atoms with Crippen LogP contribution in [0.5, 0.6) is 5.75 Å². The van der Waals surface area contributed by atoms with E-state index in [0.29, 0.717) is 0 Å². The van der Waals surface area contributed by atoms with Crippen LogP contribution in [0.1, 0.15) is 18.1 Å². The van der Waals surface area contributed by atoms with Crippen molar-refractivity contribution < 1.29 is 9.53 Å². The summed E-state index contributed by atoms with van der Waals surface area (Å²) in [5.41, 5.74) is 3.01. The first-order chi connectivity index (χ1) is 11.6. The van der Waals surface area contributed by atoms with Gasteiger partial charge < -0.3 is 10.1 Å². The second-order valence-electron chi connectivity index (χ2n) is 5.97. The van der Waals surface area contributed by atoms with Gasteiger partial charge in [-0.2, -0.15) is 0 Å². The molecule has 0 bridgehead atoms. The van der Waals surface area contributed by atoms with Crippen LogP contribution in [0.15, 0.2) is 60.7 Å². The fraction of sp³-hybridized carbons (Fsp3) is 0.190. The molecule has 0 unspecified atom stereocenters. The maximum Gasteiger partial charge on any atom is 0.265 e. The highest BCUT2D eigenvalue weighted by Gasteiger charge is 2.17. The van der Waals surface area contributed by atoms with Crippen molar-refractivity contribution in [1.82, 2.24) is 0 Å². The first-order valence-electron chi connectivity index (χ1n) is 8.08. The van der Waals surface area contributed by atoms with Gasteiger partial charge in [0.05, 0.1) is 0 Å². The van der Waals surface area contributed by atoms with E-state index in [2.05, 4.69) is 5.32 Å². The molecule has 0 saturated heterocycles. The molecule has 0 aromatic heterocycles. The Morgan fingerprint density at radius 1 is 0.958 bits per heavy atom. The molecule has 3 aromatic carbocycles. The smallest absolute Gasteiger partial charge is 0.265 e. The number of carbonyl (C=O) groups is 1. The van der Waals surface area contributed by atoms with E-state index in [9.17, 15) is 4.79 Å². The lowest BCUT2D eigenvalue weighted by atomic mass is 10.1. The van der Waals surface area contributed by atoms with Crippen LogP contribution >= 0.6 is 0 Å². The molecule has 1 N–H and O–H groups in total. The summed E-state index contributed by atoms with van der Waals surface area (Å²) in [5, 5.41) is 5.09. The van der Waals surface area contributed by atoms with Crippen LogP contribution in [0.25, 0.3) is 10.8 Å². The lowest BCUT2D eigenvalue weighted by Crippen LogP contribution is -2.30. The fourth-order valence-corrected chi connectivity index (χ4v) is 2.66. The van der Waals surface area contributed by atoms with Crippen molar-refractivity contribution >= 4 is 22.4 Å². The zero-order valence-corrected chi connectivity index (χ0v) is 14.2. The van der Waals surface area contributed by atoms with E-state index in [0.717, 1.165) is 33.3 Å². The van der Waals surface area contributed by atoms with Gasteiger partial charge in [0.2, 0.25) is 0 Å². The molecule has 0 heterocycles. The molecule has 0 fully saturated rings. The first kappa shape index (κ1) is 16.1. The molecule has 122 valence electrons. The van der Waals surface area contributed by atoms with E-state index in [4.69, 9.17) is 4.74 Å². The number of carbonyl (C=O) groups excluding carboxylic acids is 1. The predicted molar refractivity (Wildman–Crippen MR) is 98.6 cm³/mol. The molecule has 3 aromatic rings. The monoisotopic (exact) mass is 319 g/mol. The summed E-state index contributed by atoms with van der Waals surface area (Å²) >= 11 is 0. The van der Waals surface area contributed by atoms with Gasteiger partial charge in [-0.1, -0.05) is 48.5 Å². The van der Waals surface area contributed by atoms with E-state index in [1.807, 2.05) is 74.5 Å². The molecule has 0 aliphatic carbocycles. The zero-order valence-electron chi connectivity index (χ0n) is 14.2. The maximum absolute atomic E-state index is 12.5. The topological polar surface area (TPSA) is 38.3 Å². The normalized spacial score (nSPS) is 12.0. The molecule has 0 aliphatic rings. The van der Waals surface area contributed by atoms with Crippen molar-refractivity contribution in [2.45, 2.75) is 26.9 Å². The number of aryl methyl sites for hydroxylation is 1. The summed E-state index contributed by atoms with van der Waals surface area (Å²) in [5.74, 6) is 0.586. The van der Waals surface area contributed by atoms with Gasteiger partial charge in [0.25, 0.3) is 5.91 Å². The van der Waals surface area contributed by atoms with Crippen molar-refractivity contribution in [2.24, 2.45) is 0 Å². The first-order valence-corrected chi connectivity index (χ1v) is 8.08. The minimum Gasteiger partial charge on any atom is -0.481 e. The summed E-state index contributed by atoms with van der Waals surface area (Å²) in [6.45, 7) is 5.80. The van der Waals surface area contributed by atoms with Crippen LogP contribution in [0.2, 0.25) is 0 Å². The molecule has 0 aliphatic heterocycles. The number of amides is 1. The Labute approximate surface area is 142 Å². The standard InChI is InChI=1S/C21H21NO2/c1-14-8-6-13-20(15(14)2)24-16(3)21(23)22-19-12-7-10-17-9-4-5-11-18(17)19/h4-13,16H,1-3H3,(H,22,23)/t16-/m1/s1. The Bertz CT molecular complexity index is 881. The molecule has 1 atom stereocenters. The van der Waals surface area contributed by atoms with Gasteiger partial charge in [0, 0.05) is 11.1 Å². The Balaban J connectivity index is 1.77. The summed E-state index contributed by atoms with van der Waals surface area (Å²) in [4.78, 5) is 12.5. The van der Waals surface area contributed by atoms with Gasteiger partial charge in [-0.05, 0) is 49.4 Å². The summed E-state index contributed by atoms with van der Waals surface area (Å²) in [6, 6.07) is 19.7. The number of ether oxygens (including phenoxy) is 1. The Hall–Kier alpha value is -2.81. The Morgan fingerprint density at radius 3 is 2.50 bits per heavy atom. The van der Waals surface area contributed by atoms with E-state index in [1.165, 1.54) is 0 Å². The summed E-state index contributed by atoms with van der Waals surface area (Å²) in [7, 11) is 0. The number of anilines is 1. The third-order valence-electron chi connectivity index (χ3n) is 4.28. The molecular weight excluding hydrogens is 298 g/mol. The molecule has 24 heavy (non-hydrogen) atoms. The van der Waals surface area contributed by atoms with Gasteiger partial charge in [0.15, 0.2) is 6.10 Å². The molecule has 0 radical (unpaired) electrons. The maximum atomic E-state index is 12.5. The third-order valence-corrected chi connectivity index (χ3v) is 4.28.